The number of ketones is 1. The van der Waals surface area contributed by atoms with E-state index in [0.717, 1.165) is 0 Å². The molecule has 5 fully saturated rings. The lowest BCUT2D eigenvalue weighted by molar-refractivity contribution is -0.300. The molecule has 2 spiro atoms. The lowest BCUT2D eigenvalue weighted by Gasteiger charge is -2.58. The summed E-state index contributed by atoms with van der Waals surface area (Å²) in [6, 6.07) is 0. The minimum Gasteiger partial charge on any atom is -0.511 e. The van der Waals surface area contributed by atoms with E-state index in [1.807, 2.05) is 20.8 Å². The summed E-state index contributed by atoms with van der Waals surface area (Å²) in [5, 5.41) is 21.7. The molecule has 3 saturated heterocycles. The van der Waals surface area contributed by atoms with Gasteiger partial charge in [-0.1, -0.05) is 20.8 Å². The average Bonchev–Trinajstić information content (AvgIpc) is 2.90. The van der Waals surface area contributed by atoms with Crippen molar-refractivity contribution in [2.45, 2.75) is 63.4 Å². The summed E-state index contributed by atoms with van der Waals surface area (Å²) in [4.78, 5) is 26.1. The first-order chi connectivity index (χ1) is 11.7. The molecule has 0 radical (unpaired) electrons. The van der Waals surface area contributed by atoms with Crippen LogP contribution in [-0.4, -0.2) is 45.4 Å². The quantitative estimate of drug-likeness (QED) is 0.645. The minimum absolute atomic E-state index is 0.00145. The van der Waals surface area contributed by atoms with Gasteiger partial charge in [-0.3, -0.25) is 4.79 Å². The van der Waals surface area contributed by atoms with Gasteiger partial charge in [0.1, 0.15) is 17.1 Å². The number of Topliss-reactive ketones (excluding diaryl/α,β-unsaturated/α-hetero) is 1. The molecule has 0 aromatic heterocycles. The smallest absolute Gasteiger partial charge is 0.341 e. The Morgan fingerprint density at radius 3 is 2.56 bits per heavy atom. The van der Waals surface area contributed by atoms with Crippen LogP contribution < -0.4 is 0 Å². The number of allylic oxidation sites excluding steroid dienone is 1. The Hall–Kier alpha value is -1.40. The number of rotatable bonds is 0. The highest BCUT2D eigenvalue weighted by atomic mass is 16.6. The van der Waals surface area contributed by atoms with Crippen molar-refractivity contribution in [1.29, 1.82) is 0 Å². The topological polar surface area (TPSA) is 93.1 Å². The minimum atomic E-state index is -1.23. The van der Waals surface area contributed by atoms with Crippen molar-refractivity contribution < 1.29 is 29.3 Å². The molecule has 6 nitrogen and oxygen atoms in total. The average molecular weight is 348 g/mol. The fourth-order valence-corrected chi connectivity index (χ4v) is 6.61. The summed E-state index contributed by atoms with van der Waals surface area (Å²) < 4.78 is 12.3. The molecule has 0 unspecified atom stereocenters. The third-order valence-electron chi connectivity index (χ3n) is 7.57. The molecule has 3 aliphatic heterocycles. The number of esters is 1. The summed E-state index contributed by atoms with van der Waals surface area (Å²) in [6.45, 7) is 5.68. The molecule has 0 aromatic rings. The molecular weight excluding hydrogens is 324 g/mol. The van der Waals surface area contributed by atoms with E-state index in [0.29, 0.717) is 19.3 Å². The maximum atomic E-state index is 13.2. The molecule has 6 aliphatic rings. The van der Waals surface area contributed by atoms with Crippen molar-refractivity contribution in [3.05, 3.63) is 11.3 Å². The Morgan fingerprint density at radius 1 is 1.12 bits per heavy atom. The number of carbonyl (C=O) groups is 2. The van der Waals surface area contributed by atoms with Gasteiger partial charge in [0.05, 0.1) is 18.1 Å². The summed E-state index contributed by atoms with van der Waals surface area (Å²) in [6.07, 6.45) is 0.318. The Bertz CT molecular complexity index is 727. The fourth-order valence-electron chi connectivity index (χ4n) is 6.61. The van der Waals surface area contributed by atoms with Crippen LogP contribution in [0.2, 0.25) is 0 Å². The molecule has 25 heavy (non-hydrogen) atoms. The maximum absolute atomic E-state index is 13.2. The van der Waals surface area contributed by atoms with Gasteiger partial charge >= 0.3 is 5.97 Å². The van der Waals surface area contributed by atoms with Crippen molar-refractivity contribution in [3.8, 4) is 0 Å². The zero-order valence-corrected chi connectivity index (χ0v) is 14.7. The molecule has 9 atom stereocenters. The zero-order valence-electron chi connectivity index (χ0n) is 14.7. The third-order valence-corrected chi connectivity index (χ3v) is 7.57. The van der Waals surface area contributed by atoms with Crippen LogP contribution in [0.3, 0.4) is 0 Å². The van der Waals surface area contributed by atoms with E-state index < -0.39 is 35.3 Å². The van der Waals surface area contributed by atoms with E-state index in [1.54, 1.807) is 0 Å². The van der Waals surface area contributed by atoms with Crippen molar-refractivity contribution in [2.75, 3.05) is 0 Å². The highest BCUT2D eigenvalue weighted by molar-refractivity contribution is 5.99. The van der Waals surface area contributed by atoms with Crippen molar-refractivity contribution >= 4 is 11.8 Å². The molecular formula is C19H24O6. The lowest BCUT2D eigenvalue weighted by atomic mass is 9.59. The van der Waals surface area contributed by atoms with Crippen LogP contribution in [0.15, 0.2) is 11.3 Å². The van der Waals surface area contributed by atoms with E-state index in [1.165, 1.54) is 0 Å². The predicted octanol–water partition coefficient (Wildman–Crippen LogP) is 1.51. The highest BCUT2D eigenvalue weighted by Crippen LogP contribution is 2.70. The first-order valence-electron chi connectivity index (χ1n) is 9.31. The van der Waals surface area contributed by atoms with Crippen molar-refractivity contribution in [1.82, 2.24) is 0 Å². The van der Waals surface area contributed by atoms with Gasteiger partial charge < -0.3 is 19.7 Å². The summed E-state index contributed by atoms with van der Waals surface area (Å²) in [5.74, 6) is -1.89. The predicted molar refractivity (Wildman–Crippen MR) is 85.4 cm³/mol. The van der Waals surface area contributed by atoms with Crippen molar-refractivity contribution in [3.63, 3.8) is 0 Å². The summed E-state index contributed by atoms with van der Waals surface area (Å²) in [5.41, 5.74) is -2.11. The second-order valence-electron chi connectivity index (χ2n) is 8.86. The number of fused-ring (bicyclic) bond motifs is 1. The van der Waals surface area contributed by atoms with Crippen LogP contribution in [0.25, 0.3) is 0 Å². The molecule has 4 bridgehead atoms. The van der Waals surface area contributed by atoms with Gasteiger partial charge in [-0.25, -0.2) is 4.79 Å². The van der Waals surface area contributed by atoms with E-state index >= 15 is 0 Å². The Morgan fingerprint density at radius 2 is 1.84 bits per heavy atom. The van der Waals surface area contributed by atoms with E-state index in [9.17, 15) is 19.8 Å². The van der Waals surface area contributed by atoms with E-state index in [2.05, 4.69) is 0 Å². The summed E-state index contributed by atoms with van der Waals surface area (Å²) >= 11 is 0. The van der Waals surface area contributed by atoms with Gasteiger partial charge in [0.25, 0.3) is 0 Å². The van der Waals surface area contributed by atoms with Crippen LogP contribution in [-0.2, 0) is 19.1 Å². The Labute approximate surface area is 146 Å². The number of aliphatic hydroxyl groups is 2. The highest BCUT2D eigenvalue weighted by Gasteiger charge is 2.84. The number of carbonyl (C=O) groups excluding carboxylic acids is 2. The van der Waals surface area contributed by atoms with Crippen LogP contribution in [0, 0.1) is 29.6 Å². The number of hydrogen-bond donors (Lipinski definition) is 2. The van der Waals surface area contributed by atoms with Gasteiger partial charge in [0.15, 0.2) is 11.2 Å². The monoisotopic (exact) mass is 348 g/mol. The standard InChI is InChI=1S/C19H24O6/c1-7-4-8(2)14(21)12-17(23)25-18-6-9(3)16-15(22)10(18)5-11(13(7)20)19(12,18)24-16/h7-11,15-16,21-22H,4-6H2,1-3H3/b14-12+/t7-,8+,9+,10+,11+,15+,16+,18+,19-/m0/s1. The number of ether oxygens (including phenoxy) is 2. The van der Waals surface area contributed by atoms with Crippen LogP contribution in [0.1, 0.15) is 40.0 Å². The number of hydrogen-bond acceptors (Lipinski definition) is 6. The molecule has 2 saturated carbocycles. The fraction of sp³-hybridized carbons (Fsp3) is 0.789. The molecule has 6 heteroatoms. The first kappa shape index (κ1) is 15.8. The van der Waals surface area contributed by atoms with Crippen LogP contribution in [0.4, 0.5) is 0 Å². The SMILES string of the molecule is C[C@@H]1C[C@H](C)C(=O)[C@H]2C[C@@H]3[C@@H](O)[C@@H]4O[C@]25/C(=C\1O)C(=O)O[C@]35C[C@H]4C. The molecule has 3 aliphatic carbocycles. The summed E-state index contributed by atoms with van der Waals surface area (Å²) in [7, 11) is 0. The Balaban J connectivity index is 1.82. The zero-order chi connectivity index (χ0) is 17.9. The van der Waals surface area contributed by atoms with E-state index in [-0.39, 0.29) is 40.8 Å². The maximum Gasteiger partial charge on any atom is 0.341 e. The normalized spacial score (nSPS) is 59.4. The van der Waals surface area contributed by atoms with Crippen LogP contribution >= 0.6 is 0 Å². The van der Waals surface area contributed by atoms with Crippen LogP contribution in [0.5, 0.6) is 0 Å². The van der Waals surface area contributed by atoms with Gasteiger partial charge in [0.2, 0.25) is 0 Å². The lowest BCUT2D eigenvalue weighted by Crippen LogP contribution is -2.72. The molecule has 136 valence electrons. The second kappa shape index (κ2) is 4.46. The third kappa shape index (κ3) is 1.48. The molecule has 6 rings (SSSR count). The largest absolute Gasteiger partial charge is 0.511 e. The Kier molecular flexibility index (Phi) is 2.83. The molecule has 3 heterocycles. The van der Waals surface area contributed by atoms with Gasteiger partial charge in [-0.15, -0.1) is 0 Å². The molecule has 0 amide bonds. The molecule has 2 N–H and O–H groups in total. The van der Waals surface area contributed by atoms with Gasteiger partial charge in [0, 0.05) is 17.8 Å². The first-order valence-corrected chi connectivity index (χ1v) is 9.31. The number of aliphatic hydroxyl groups excluding tert-OH is 2. The second-order valence-corrected chi connectivity index (χ2v) is 8.86. The molecule has 0 aromatic carbocycles. The van der Waals surface area contributed by atoms with Crippen molar-refractivity contribution in [2.24, 2.45) is 29.6 Å². The van der Waals surface area contributed by atoms with Gasteiger partial charge in [-0.05, 0) is 25.2 Å². The van der Waals surface area contributed by atoms with Gasteiger partial charge in [-0.2, -0.15) is 0 Å². The van der Waals surface area contributed by atoms with E-state index in [4.69, 9.17) is 9.47 Å².